The number of aromatic amines is 1. The summed E-state index contributed by atoms with van der Waals surface area (Å²) < 4.78 is 6.33. The van der Waals surface area contributed by atoms with Crippen LogP contribution in [0, 0.1) is 18.3 Å². The normalized spacial score (nSPS) is 16.8. The third kappa shape index (κ3) is 2.44. The minimum Gasteiger partial charge on any atom is -0.485 e. The average Bonchev–Trinajstić information content (AvgIpc) is 3.02. The van der Waals surface area contributed by atoms with Crippen LogP contribution in [0.5, 0.6) is 5.75 Å². The first kappa shape index (κ1) is 13.8. The molecule has 1 aromatic heterocycles. The molecule has 0 saturated carbocycles. The SMILES string of the molecule is Cc1cc2cn[nH]c2cc1OC1CCCc2cc(C#N)ccc21. The molecule has 1 atom stereocenters. The first-order valence-corrected chi connectivity index (χ1v) is 7.88. The molecule has 0 saturated heterocycles. The van der Waals surface area contributed by atoms with Crippen LogP contribution in [0.4, 0.5) is 0 Å². The van der Waals surface area contributed by atoms with Gasteiger partial charge in [0.15, 0.2) is 0 Å². The van der Waals surface area contributed by atoms with E-state index in [1.54, 1.807) is 0 Å². The van der Waals surface area contributed by atoms with Crippen molar-refractivity contribution >= 4 is 10.9 Å². The van der Waals surface area contributed by atoms with E-state index >= 15 is 0 Å². The first-order valence-electron chi connectivity index (χ1n) is 7.88. The summed E-state index contributed by atoms with van der Waals surface area (Å²) in [6, 6.07) is 12.3. The highest BCUT2D eigenvalue weighted by atomic mass is 16.5. The molecular weight excluding hydrogens is 286 g/mol. The number of rotatable bonds is 2. The van der Waals surface area contributed by atoms with Crippen LogP contribution in [0.15, 0.2) is 36.5 Å². The Bertz CT molecular complexity index is 920. The summed E-state index contributed by atoms with van der Waals surface area (Å²) in [5.74, 6) is 0.893. The molecule has 4 rings (SSSR count). The standard InChI is InChI=1S/C19H17N3O/c1-12-7-15-11-21-22-17(15)9-19(12)23-18-4-2-3-14-8-13(10-20)5-6-16(14)18/h5-9,11,18H,2-4H2,1H3,(H,21,22). The second-order valence-electron chi connectivity index (χ2n) is 6.10. The number of hydrogen-bond acceptors (Lipinski definition) is 3. The highest BCUT2D eigenvalue weighted by Crippen LogP contribution is 2.36. The van der Waals surface area contributed by atoms with Gasteiger partial charge in [-0.25, -0.2) is 0 Å². The maximum Gasteiger partial charge on any atom is 0.125 e. The van der Waals surface area contributed by atoms with E-state index in [-0.39, 0.29) is 6.10 Å². The number of aromatic nitrogens is 2. The molecule has 2 aromatic carbocycles. The maximum absolute atomic E-state index is 9.07. The van der Waals surface area contributed by atoms with Crippen molar-refractivity contribution in [2.75, 3.05) is 0 Å². The van der Waals surface area contributed by atoms with Crippen LogP contribution in [-0.4, -0.2) is 10.2 Å². The van der Waals surface area contributed by atoms with E-state index in [0.29, 0.717) is 0 Å². The Balaban J connectivity index is 1.69. The molecule has 3 aromatic rings. The summed E-state index contributed by atoms with van der Waals surface area (Å²) in [5, 5.41) is 17.2. The molecular formula is C19H17N3O. The molecule has 23 heavy (non-hydrogen) atoms. The molecule has 0 aliphatic heterocycles. The van der Waals surface area contributed by atoms with E-state index < -0.39 is 0 Å². The highest BCUT2D eigenvalue weighted by molar-refractivity contribution is 5.80. The van der Waals surface area contributed by atoms with Crippen molar-refractivity contribution in [2.45, 2.75) is 32.3 Å². The van der Waals surface area contributed by atoms with E-state index in [2.05, 4.69) is 29.3 Å². The van der Waals surface area contributed by atoms with Crippen molar-refractivity contribution in [3.63, 3.8) is 0 Å². The topological polar surface area (TPSA) is 61.7 Å². The zero-order chi connectivity index (χ0) is 15.8. The Morgan fingerprint density at radius 2 is 2.22 bits per heavy atom. The number of aryl methyl sites for hydroxylation is 2. The van der Waals surface area contributed by atoms with Crippen LogP contribution in [0.2, 0.25) is 0 Å². The van der Waals surface area contributed by atoms with Gasteiger partial charge in [-0.05, 0) is 61.1 Å². The fourth-order valence-electron chi connectivity index (χ4n) is 3.33. The van der Waals surface area contributed by atoms with Gasteiger partial charge in [0.1, 0.15) is 11.9 Å². The van der Waals surface area contributed by atoms with Gasteiger partial charge in [-0.15, -0.1) is 0 Å². The summed E-state index contributed by atoms with van der Waals surface area (Å²) in [5.41, 5.74) is 5.26. The molecule has 1 aliphatic rings. The minimum atomic E-state index is 0.0468. The Kier molecular flexibility index (Phi) is 3.27. The molecule has 4 heteroatoms. The maximum atomic E-state index is 9.07. The van der Waals surface area contributed by atoms with Gasteiger partial charge in [-0.2, -0.15) is 10.4 Å². The number of nitriles is 1. The molecule has 1 heterocycles. The smallest absolute Gasteiger partial charge is 0.125 e. The Hall–Kier alpha value is -2.80. The van der Waals surface area contributed by atoms with Crippen LogP contribution in [0.3, 0.4) is 0 Å². The van der Waals surface area contributed by atoms with Crippen molar-refractivity contribution in [3.8, 4) is 11.8 Å². The van der Waals surface area contributed by atoms with Crippen LogP contribution in [0.25, 0.3) is 10.9 Å². The van der Waals surface area contributed by atoms with E-state index in [9.17, 15) is 0 Å². The van der Waals surface area contributed by atoms with E-state index in [4.69, 9.17) is 10.00 Å². The molecule has 1 aliphatic carbocycles. The molecule has 114 valence electrons. The zero-order valence-corrected chi connectivity index (χ0v) is 13.0. The fraction of sp³-hybridized carbons (Fsp3) is 0.263. The second-order valence-corrected chi connectivity index (χ2v) is 6.10. The summed E-state index contributed by atoms with van der Waals surface area (Å²) in [6.07, 6.45) is 4.97. The monoisotopic (exact) mass is 303 g/mol. The lowest BCUT2D eigenvalue weighted by atomic mass is 9.88. The predicted octanol–water partition coefficient (Wildman–Crippen LogP) is 4.20. The van der Waals surface area contributed by atoms with Crippen LogP contribution >= 0.6 is 0 Å². The van der Waals surface area contributed by atoms with E-state index in [1.165, 1.54) is 11.1 Å². The highest BCUT2D eigenvalue weighted by Gasteiger charge is 2.22. The third-order valence-corrected chi connectivity index (χ3v) is 4.54. The molecule has 4 nitrogen and oxygen atoms in total. The average molecular weight is 303 g/mol. The number of benzene rings is 2. The third-order valence-electron chi connectivity index (χ3n) is 4.54. The summed E-state index contributed by atoms with van der Waals surface area (Å²) in [4.78, 5) is 0. The molecule has 0 fully saturated rings. The largest absolute Gasteiger partial charge is 0.485 e. The molecule has 0 amide bonds. The van der Waals surface area contributed by atoms with Crippen LogP contribution in [0.1, 0.15) is 41.2 Å². The van der Waals surface area contributed by atoms with Crippen molar-refractivity contribution in [2.24, 2.45) is 0 Å². The summed E-state index contributed by atoms with van der Waals surface area (Å²) in [7, 11) is 0. The number of hydrogen-bond donors (Lipinski definition) is 1. The molecule has 0 radical (unpaired) electrons. The van der Waals surface area contributed by atoms with E-state index in [0.717, 1.165) is 47.0 Å². The quantitative estimate of drug-likeness (QED) is 0.771. The van der Waals surface area contributed by atoms with Crippen molar-refractivity contribution < 1.29 is 4.74 Å². The number of H-pyrrole nitrogens is 1. The summed E-state index contributed by atoms with van der Waals surface area (Å²) in [6.45, 7) is 2.06. The number of nitrogens with one attached hydrogen (secondary N) is 1. The van der Waals surface area contributed by atoms with Crippen molar-refractivity contribution in [3.05, 3.63) is 58.8 Å². The Morgan fingerprint density at radius 3 is 3.09 bits per heavy atom. The van der Waals surface area contributed by atoms with E-state index in [1.807, 2.05) is 30.5 Å². The van der Waals surface area contributed by atoms with Gasteiger partial charge in [0, 0.05) is 11.5 Å². The Morgan fingerprint density at radius 1 is 1.30 bits per heavy atom. The van der Waals surface area contributed by atoms with Crippen LogP contribution < -0.4 is 4.74 Å². The fourth-order valence-corrected chi connectivity index (χ4v) is 3.33. The van der Waals surface area contributed by atoms with Gasteiger partial charge in [-0.1, -0.05) is 6.07 Å². The van der Waals surface area contributed by atoms with Gasteiger partial charge in [0.05, 0.1) is 23.3 Å². The molecule has 1 unspecified atom stereocenters. The molecule has 0 bridgehead atoms. The lowest BCUT2D eigenvalue weighted by Crippen LogP contribution is -2.15. The number of fused-ring (bicyclic) bond motifs is 2. The van der Waals surface area contributed by atoms with Crippen molar-refractivity contribution in [1.29, 1.82) is 5.26 Å². The lowest BCUT2D eigenvalue weighted by molar-refractivity contribution is 0.182. The second kappa shape index (κ2) is 5.44. The Labute approximate surface area is 134 Å². The zero-order valence-electron chi connectivity index (χ0n) is 13.0. The van der Waals surface area contributed by atoms with Gasteiger partial charge < -0.3 is 4.74 Å². The minimum absolute atomic E-state index is 0.0468. The van der Waals surface area contributed by atoms with Crippen molar-refractivity contribution in [1.82, 2.24) is 10.2 Å². The summed E-state index contributed by atoms with van der Waals surface area (Å²) >= 11 is 0. The van der Waals surface area contributed by atoms with Gasteiger partial charge in [0.2, 0.25) is 0 Å². The first-order chi connectivity index (χ1) is 11.2. The number of ether oxygens (including phenoxy) is 1. The molecule has 1 N–H and O–H groups in total. The lowest BCUT2D eigenvalue weighted by Gasteiger charge is -2.27. The molecule has 0 spiro atoms. The van der Waals surface area contributed by atoms with Gasteiger partial charge >= 0.3 is 0 Å². The van der Waals surface area contributed by atoms with Crippen LogP contribution in [-0.2, 0) is 6.42 Å². The van der Waals surface area contributed by atoms with Gasteiger partial charge in [0.25, 0.3) is 0 Å². The number of nitrogens with zero attached hydrogens (tertiary/aromatic N) is 2. The predicted molar refractivity (Wildman–Crippen MR) is 88.3 cm³/mol. The van der Waals surface area contributed by atoms with Gasteiger partial charge in [-0.3, -0.25) is 5.10 Å².